The molecule has 1 aliphatic heterocycles. The Bertz CT molecular complexity index is 545. The highest BCUT2D eigenvalue weighted by molar-refractivity contribution is 6.01. The molecule has 2 amide bonds. The van der Waals surface area contributed by atoms with Crippen LogP contribution in [0.1, 0.15) is 35.6 Å². The summed E-state index contributed by atoms with van der Waals surface area (Å²) < 4.78 is 1.69. The lowest BCUT2D eigenvalue weighted by Gasteiger charge is -2.41. The standard InChI is InChI=1S/C13H20N4O2/c1-8-10(9(2)16(5)15-8)11(18)17-7-6-14-12(19)13(17,3)4/h6-7H2,1-5H3,(H,14,19). The highest BCUT2D eigenvalue weighted by Gasteiger charge is 2.41. The smallest absolute Gasteiger partial charge is 0.258 e. The van der Waals surface area contributed by atoms with Crippen molar-refractivity contribution in [3.05, 3.63) is 17.0 Å². The molecule has 1 saturated heterocycles. The van der Waals surface area contributed by atoms with Crippen LogP contribution in [0, 0.1) is 13.8 Å². The molecule has 0 aliphatic carbocycles. The van der Waals surface area contributed by atoms with Crippen LogP contribution in [0.4, 0.5) is 0 Å². The van der Waals surface area contributed by atoms with Crippen LogP contribution in [0.25, 0.3) is 0 Å². The second kappa shape index (κ2) is 4.36. The number of piperazine rings is 1. The van der Waals surface area contributed by atoms with Gasteiger partial charge in [-0.05, 0) is 27.7 Å². The van der Waals surface area contributed by atoms with Crippen molar-refractivity contribution >= 4 is 11.8 Å². The molecule has 0 atom stereocenters. The summed E-state index contributed by atoms with van der Waals surface area (Å²) in [5.74, 6) is -0.241. The highest BCUT2D eigenvalue weighted by Crippen LogP contribution is 2.23. The summed E-state index contributed by atoms with van der Waals surface area (Å²) >= 11 is 0. The third kappa shape index (κ3) is 2.01. The van der Waals surface area contributed by atoms with Crippen molar-refractivity contribution in [1.82, 2.24) is 20.0 Å². The van der Waals surface area contributed by atoms with Crippen LogP contribution < -0.4 is 5.32 Å². The first kappa shape index (κ1) is 13.6. The van der Waals surface area contributed by atoms with Gasteiger partial charge in [-0.1, -0.05) is 0 Å². The molecule has 1 aliphatic rings. The molecule has 2 rings (SSSR count). The van der Waals surface area contributed by atoms with Crippen molar-refractivity contribution < 1.29 is 9.59 Å². The zero-order chi connectivity index (χ0) is 14.4. The SMILES string of the molecule is Cc1nn(C)c(C)c1C(=O)N1CCNC(=O)C1(C)C. The number of carbonyl (C=O) groups excluding carboxylic acids is 2. The van der Waals surface area contributed by atoms with Gasteiger partial charge in [0.25, 0.3) is 5.91 Å². The van der Waals surface area contributed by atoms with E-state index in [0.29, 0.717) is 24.3 Å². The second-order valence-electron chi connectivity index (χ2n) is 5.44. The van der Waals surface area contributed by atoms with Gasteiger partial charge in [0, 0.05) is 25.8 Å². The van der Waals surface area contributed by atoms with Gasteiger partial charge in [0.05, 0.1) is 11.3 Å². The van der Waals surface area contributed by atoms with Crippen molar-refractivity contribution in [2.24, 2.45) is 7.05 Å². The molecule has 0 unspecified atom stereocenters. The third-order valence-electron chi connectivity index (χ3n) is 3.82. The molecule has 2 heterocycles. The topological polar surface area (TPSA) is 67.2 Å². The van der Waals surface area contributed by atoms with Gasteiger partial charge < -0.3 is 10.2 Å². The van der Waals surface area contributed by atoms with Crippen LogP contribution >= 0.6 is 0 Å². The molecule has 0 saturated carbocycles. The molecule has 0 spiro atoms. The van der Waals surface area contributed by atoms with E-state index in [9.17, 15) is 9.59 Å². The monoisotopic (exact) mass is 264 g/mol. The fourth-order valence-corrected chi connectivity index (χ4v) is 2.47. The molecule has 0 radical (unpaired) electrons. The van der Waals surface area contributed by atoms with Crippen molar-refractivity contribution in [2.75, 3.05) is 13.1 Å². The lowest BCUT2D eigenvalue weighted by molar-refractivity contribution is -0.133. The van der Waals surface area contributed by atoms with E-state index in [0.717, 1.165) is 5.69 Å². The number of nitrogens with one attached hydrogen (secondary N) is 1. The normalized spacial score (nSPS) is 18.4. The van der Waals surface area contributed by atoms with Gasteiger partial charge >= 0.3 is 0 Å². The molecule has 1 N–H and O–H groups in total. The maximum Gasteiger partial charge on any atom is 0.258 e. The van der Waals surface area contributed by atoms with Gasteiger partial charge in [-0.3, -0.25) is 14.3 Å². The van der Waals surface area contributed by atoms with Crippen LogP contribution in [-0.2, 0) is 11.8 Å². The Kier molecular flexibility index (Phi) is 3.12. The minimum atomic E-state index is -0.829. The van der Waals surface area contributed by atoms with Gasteiger partial charge in [0.2, 0.25) is 5.91 Å². The molecule has 1 aromatic heterocycles. The predicted molar refractivity (Wildman–Crippen MR) is 70.8 cm³/mol. The van der Waals surface area contributed by atoms with Crippen molar-refractivity contribution in [1.29, 1.82) is 0 Å². The third-order valence-corrected chi connectivity index (χ3v) is 3.82. The summed E-state index contributed by atoms with van der Waals surface area (Å²) in [6.07, 6.45) is 0. The summed E-state index contributed by atoms with van der Waals surface area (Å²) in [7, 11) is 1.81. The largest absolute Gasteiger partial charge is 0.352 e. The first-order valence-corrected chi connectivity index (χ1v) is 6.37. The quantitative estimate of drug-likeness (QED) is 0.797. The van der Waals surface area contributed by atoms with E-state index in [1.165, 1.54) is 0 Å². The number of nitrogens with zero attached hydrogens (tertiary/aromatic N) is 3. The Balaban J connectivity index is 2.41. The molecule has 0 bridgehead atoms. The summed E-state index contributed by atoms with van der Waals surface area (Å²) in [6, 6.07) is 0. The number of hydrogen-bond acceptors (Lipinski definition) is 3. The zero-order valence-electron chi connectivity index (χ0n) is 12.1. The Morgan fingerprint density at radius 1 is 1.37 bits per heavy atom. The van der Waals surface area contributed by atoms with Crippen LogP contribution in [0.15, 0.2) is 0 Å². The second-order valence-corrected chi connectivity index (χ2v) is 5.44. The number of carbonyl (C=O) groups is 2. The molecule has 1 aromatic rings. The fourth-order valence-electron chi connectivity index (χ4n) is 2.47. The first-order valence-electron chi connectivity index (χ1n) is 6.37. The maximum atomic E-state index is 12.7. The van der Waals surface area contributed by atoms with Crippen molar-refractivity contribution in [3.63, 3.8) is 0 Å². The van der Waals surface area contributed by atoms with Crippen LogP contribution in [0.2, 0.25) is 0 Å². The van der Waals surface area contributed by atoms with E-state index in [2.05, 4.69) is 10.4 Å². The number of aromatic nitrogens is 2. The van der Waals surface area contributed by atoms with Crippen molar-refractivity contribution in [3.8, 4) is 0 Å². The number of amides is 2. The molecular weight excluding hydrogens is 244 g/mol. The maximum absolute atomic E-state index is 12.7. The summed E-state index contributed by atoms with van der Waals surface area (Å²) in [4.78, 5) is 26.2. The summed E-state index contributed by atoms with van der Waals surface area (Å²) in [5.41, 5.74) is 1.30. The average molecular weight is 264 g/mol. The average Bonchev–Trinajstić information content (AvgIpc) is 2.56. The van der Waals surface area contributed by atoms with E-state index in [4.69, 9.17) is 0 Å². The summed E-state index contributed by atoms with van der Waals surface area (Å²) in [5, 5.41) is 7.05. The van der Waals surface area contributed by atoms with Gasteiger partial charge in [-0.25, -0.2) is 0 Å². The van der Waals surface area contributed by atoms with Crippen LogP contribution in [0.3, 0.4) is 0 Å². The first-order chi connectivity index (χ1) is 8.76. The molecule has 19 heavy (non-hydrogen) atoms. The summed E-state index contributed by atoms with van der Waals surface area (Å²) in [6.45, 7) is 8.22. The molecule has 1 fully saturated rings. The van der Waals surface area contributed by atoms with E-state index >= 15 is 0 Å². The Morgan fingerprint density at radius 2 is 2.00 bits per heavy atom. The lowest BCUT2D eigenvalue weighted by atomic mass is 9.97. The molecule has 104 valence electrons. The lowest BCUT2D eigenvalue weighted by Crippen LogP contribution is -2.63. The van der Waals surface area contributed by atoms with Crippen molar-refractivity contribution in [2.45, 2.75) is 33.2 Å². The van der Waals surface area contributed by atoms with Gasteiger partial charge in [-0.2, -0.15) is 5.10 Å². The number of hydrogen-bond donors (Lipinski definition) is 1. The van der Waals surface area contributed by atoms with Gasteiger partial charge in [0.1, 0.15) is 5.54 Å². The number of aryl methyl sites for hydroxylation is 2. The van der Waals surface area contributed by atoms with E-state index < -0.39 is 5.54 Å². The van der Waals surface area contributed by atoms with E-state index in [-0.39, 0.29) is 11.8 Å². The number of rotatable bonds is 1. The molecule has 6 heteroatoms. The minimum Gasteiger partial charge on any atom is -0.352 e. The van der Waals surface area contributed by atoms with E-state index in [1.807, 2.05) is 20.9 Å². The Hall–Kier alpha value is -1.85. The molecule has 6 nitrogen and oxygen atoms in total. The minimum absolute atomic E-state index is 0.119. The predicted octanol–water partition coefficient (Wildman–Crippen LogP) is 0.388. The molecular formula is C13H20N4O2. The Morgan fingerprint density at radius 3 is 2.53 bits per heavy atom. The van der Waals surface area contributed by atoms with Crippen LogP contribution in [0.5, 0.6) is 0 Å². The molecule has 0 aromatic carbocycles. The van der Waals surface area contributed by atoms with Crippen LogP contribution in [-0.4, -0.2) is 45.1 Å². The zero-order valence-corrected chi connectivity index (χ0v) is 12.1. The van der Waals surface area contributed by atoms with Gasteiger partial charge in [-0.15, -0.1) is 0 Å². The van der Waals surface area contributed by atoms with E-state index in [1.54, 1.807) is 23.4 Å². The fraction of sp³-hybridized carbons (Fsp3) is 0.615. The van der Waals surface area contributed by atoms with Gasteiger partial charge in [0.15, 0.2) is 0 Å². The highest BCUT2D eigenvalue weighted by atomic mass is 16.2. The Labute approximate surface area is 112 Å².